The van der Waals surface area contributed by atoms with Crippen LogP contribution < -0.4 is 9.47 Å². The molecule has 2 heterocycles. The molecule has 2 aliphatic carbocycles. The van der Waals surface area contributed by atoms with Gasteiger partial charge in [0.2, 0.25) is 0 Å². The SMILES string of the molecule is O=C(c1ccc(O)cc1)C1c2c(c(O)cc3c2C(c2cc(O)cc(O)c2)C(c2ccc(O)cc2)O3)-c2c(O)cc3c4c2C1C(c1ccc(O)cc1)c1c(O)cc(O)cc1C4C(c1ccc(O)cc1)O3. The van der Waals surface area contributed by atoms with E-state index < -0.39 is 47.6 Å². The maximum Gasteiger partial charge on any atom is 0.171 e. The maximum absolute atomic E-state index is 16.2. The van der Waals surface area contributed by atoms with Gasteiger partial charge in [-0.25, -0.2) is 0 Å². The first kappa shape index (κ1) is 41.5. The summed E-state index contributed by atoms with van der Waals surface area (Å²) in [5.74, 6) is -7.49. The summed E-state index contributed by atoms with van der Waals surface area (Å²) in [5.41, 5.74) is 4.61. The van der Waals surface area contributed by atoms with Gasteiger partial charge >= 0.3 is 0 Å². The Morgan fingerprint density at radius 3 is 1.35 bits per heavy atom. The van der Waals surface area contributed by atoms with Gasteiger partial charge in [-0.2, -0.15) is 0 Å². The van der Waals surface area contributed by atoms with Crippen molar-refractivity contribution >= 4 is 5.78 Å². The zero-order chi connectivity index (χ0) is 47.7. The van der Waals surface area contributed by atoms with Gasteiger partial charge in [0.05, 0.1) is 17.8 Å². The van der Waals surface area contributed by atoms with Crippen molar-refractivity contribution in [2.75, 3.05) is 0 Å². The Bertz CT molecular complexity index is 3420. The molecule has 13 heteroatoms. The fraction of sp³-hybridized carbons (Fsp3) is 0.125. The third-order valence-corrected chi connectivity index (χ3v) is 14.3. The van der Waals surface area contributed by atoms with Crippen molar-refractivity contribution in [3.8, 4) is 80.1 Å². The van der Waals surface area contributed by atoms with Gasteiger partial charge in [0.1, 0.15) is 81.2 Å². The van der Waals surface area contributed by atoms with Crippen LogP contribution in [0.5, 0.6) is 69.0 Å². The van der Waals surface area contributed by atoms with Crippen LogP contribution in [0.2, 0.25) is 0 Å². The number of hydrogen-bond acceptors (Lipinski definition) is 13. The Hall–Kier alpha value is -8.97. The lowest BCUT2D eigenvalue weighted by Gasteiger charge is -2.41. The van der Waals surface area contributed by atoms with E-state index >= 15 is 4.79 Å². The molecule has 0 saturated carbocycles. The zero-order valence-electron chi connectivity index (χ0n) is 36.0. The predicted octanol–water partition coefficient (Wildman–Crippen LogP) is 10.1. The minimum Gasteiger partial charge on any atom is -0.508 e. The van der Waals surface area contributed by atoms with Gasteiger partial charge in [0.15, 0.2) is 5.78 Å². The average molecular weight is 921 g/mol. The lowest BCUT2D eigenvalue weighted by atomic mass is 9.59. The van der Waals surface area contributed by atoms with Crippen molar-refractivity contribution in [3.05, 3.63) is 201 Å². The normalized spacial score (nSPS) is 21.2. The van der Waals surface area contributed by atoms with Crippen LogP contribution in [0.25, 0.3) is 11.1 Å². The summed E-state index contributed by atoms with van der Waals surface area (Å²) in [6.07, 6.45) is -1.85. The highest BCUT2D eigenvalue weighted by molar-refractivity contribution is 6.06. The van der Waals surface area contributed by atoms with E-state index in [9.17, 15) is 51.1 Å². The molecule has 0 amide bonds. The summed E-state index contributed by atoms with van der Waals surface area (Å²) in [6.45, 7) is 0. The van der Waals surface area contributed by atoms with Gasteiger partial charge < -0.3 is 60.5 Å². The molecule has 4 aliphatic rings. The number of hydrogen-bond donors (Lipinski definition) is 10. The molecule has 8 aromatic rings. The molecule has 13 nitrogen and oxygen atoms in total. The van der Waals surface area contributed by atoms with Crippen molar-refractivity contribution in [3.63, 3.8) is 0 Å². The molecule has 0 radical (unpaired) electrons. The highest BCUT2D eigenvalue weighted by atomic mass is 16.5. The highest BCUT2D eigenvalue weighted by Crippen LogP contribution is 2.71. The number of Topliss-reactive ketones (excluding diaryl/α,β-unsaturated/α-hetero) is 1. The molecule has 7 atom stereocenters. The number of phenolic OH excluding ortho intramolecular Hbond substituents is 10. The first-order valence-electron chi connectivity index (χ1n) is 22.2. The molecule has 0 bridgehead atoms. The van der Waals surface area contributed by atoms with Gasteiger partial charge in [0, 0.05) is 69.5 Å². The van der Waals surface area contributed by atoms with E-state index in [2.05, 4.69) is 0 Å². The second-order valence-electron chi connectivity index (χ2n) is 18.1. The molecule has 8 aromatic carbocycles. The smallest absolute Gasteiger partial charge is 0.171 e. The summed E-state index contributed by atoms with van der Waals surface area (Å²) in [4.78, 5) is 16.2. The number of aromatic hydroxyl groups is 10. The number of ether oxygens (including phenoxy) is 2. The Balaban J connectivity index is 1.25. The topological polar surface area (TPSA) is 238 Å². The second kappa shape index (κ2) is 15.0. The summed E-state index contributed by atoms with van der Waals surface area (Å²) in [5, 5.41) is 113. The Morgan fingerprint density at radius 1 is 0.362 bits per heavy atom. The summed E-state index contributed by atoms with van der Waals surface area (Å²) >= 11 is 0. The van der Waals surface area contributed by atoms with Crippen molar-refractivity contribution in [1.82, 2.24) is 0 Å². The Kier molecular flexibility index (Phi) is 9.03. The fourth-order valence-corrected chi connectivity index (χ4v) is 11.7. The maximum atomic E-state index is 16.2. The van der Waals surface area contributed by atoms with Gasteiger partial charge in [-0.15, -0.1) is 0 Å². The molecule has 7 unspecified atom stereocenters. The van der Waals surface area contributed by atoms with E-state index in [4.69, 9.17) is 9.47 Å². The number of ketones is 1. The third-order valence-electron chi connectivity index (χ3n) is 14.3. The largest absolute Gasteiger partial charge is 0.508 e. The van der Waals surface area contributed by atoms with Crippen LogP contribution in [0.4, 0.5) is 0 Å². The van der Waals surface area contributed by atoms with Crippen LogP contribution in [-0.2, 0) is 0 Å². The monoisotopic (exact) mass is 920 g/mol. The second-order valence-corrected chi connectivity index (χ2v) is 18.1. The van der Waals surface area contributed by atoms with Crippen LogP contribution in [0, 0.1) is 0 Å². The average Bonchev–Trinajstić information content (AvgIpc) is 3.85. The minimum absolute atomic E-state index is 0.000593. The number of carbonyl (C=O) groups excluding carboxylic acids is 1. The van der Waals surface area contributed by atoms with Gasteiger partial charge in [-0.3, -0.25) is 4.79 Å². The summed E-state index contributed by atoms with van der Waals surface area (Å²) in [6, 6.07) is 34.4. The summed E-state index contributed by atoms with van der Waals surface area (Å²) < 4.78 is 13.6. The van der Waals surface area contributed by atoms with Crippen LogP contribution in [0.3, 0.4) is 0 Å². The van der Waals surface area contributed by atoms with E-state index in [1.807, 2.05) is 0 Å². The van der Waals surface area contributed by atoms with Crippen molar-refractivity contribution in [2.45, 2.75) is 41.8 Å². The van der Waals surface area contributed by atoms with Crippen LogP contribution >= 0.6 is 0 Å². The van der Waals surface area contributed by atoms with E-state index in [-0.39, 0.29) is 91.2 Å². The molecule has 0 saturated heterocycles. The van der Waals surface area contributed by atoms with Gasteiger partial charge in [-0.05, 0) is 118 Å². The van der Waals surface area contributed by atoms with Crippen LogP contribution in [0.1, 0.15) is 108 Å². The lowest BCUT2D eigenvalue weighted by molar-refractivity contribution is 0.0940. The van der Waals surface area contributed by atoms with Crippen LogP contribution in [0.15, 0.2) is 140 Å². The molecular formula is C56H40O13. The lowest BCUT2D eigenvalue weighted by Crippen LogP contribution is -2.31. The molecule has 12 rings (SSSR count). The first-order valence-corrected chi connectivity index (χ1v) is 22.2. The zero-order valence-corrected chi connectivity index (χ0v) is 36.0. The quantitative estimate of drug-likeness (QED) is 0.0700. The third kappa shape index (κ3) is 6.27. The number of fused-ring (bicyclic) bond motifs is 6. The number of phenols is 10. The molecule has 342 valence electrons. The highest BCUT2D eigenvalue weighted by Gasteiger charge is 2.56. The Morgan fingerprint density at radius 2 is 0.812 bits per heavy atom. The molecule has 0 spiro atoms. The molecule has 69 heavy (non-hydrogen) atoms. The molecule has 2 aliphatic heterocycles. The minimum atomic E-state index is -1.37. The molecular weight excluding hydrogens is 881 g/mol. The molecule has 0 aromatic heterocycles. The van der Waals surface area contributed by atoms with E-state index in [0.29, 0.717) is 50.1 Å². The predicted molar refractivity (Wildman–Crippen MR) is 249 cm³/mol. The van der Waals surface area contributed by atoms with Crippen molar-refractivity contribution in [1.29, 1.82) is 0 Å². The first-order chi connectivity index (χ1) is 33.2. The molecule has 10 N–H and O–H groups in total. The molecule has 0 fully saturated rings. The van der Waals surface area contributed by atoms with Crippen molar-refractivity contribution < 1.29 is 65.3 Å². The van der Waals surface area contributed by atoms with E-state index in [1.165, 1.54) is 103 Å². The standard InChI is InChI=1S/C56H40O13/c57-29-9-1-24(2-10-29)42-44-36(20-35(63)21-37(44)64)45-49-41(69-56(45)27-7-15-32(60)16-8-27)23-38(65)46-47-39(66)22-40-48(52(47)53(50(42)51(46)49)54(67)25-3-11-30(58)12-4-25)43(28-17-33(61)19-34(62)18-28)55(68-40)26-5-13-31(59)14-6-26/h1-23,42-43,45,50,53,55-66H. The number of rotatable bonds is 6. The van der Waals surface area contributed by atoms with E-state index in [0.717, 1.165) is 0 Å². The number of benzene rings is 8. The fourth-order valence-electron chi connectivity index (χ4n) is 11.7. The summed E-state index contributed by atoms with van der Waals surface area (Å²) in [7, 11) is 0. The number of carbonyl (C=O) groups is 1. The van der Waals surface area contributed by atoms with Crippen molar-refractivity contribution in [2.24, 2.45) is 0 Å². The van der Waals surface area contributed by atoms with E-state index in [1.54, 1.807) is 36.4 Å². The van der Waals surface area contributed by atoms with Gasteiger partial charge in [0.25, 0.3) is 0 Å². The van der Waals surface area contributed by atoms with Crippen LogP contribution in [-0.4, -0.2) is 56.8 Å². The Labute approximate surface area is 392 Å². The van der Waals surface area contributed by atoms with Gasteiger partial charge in [-0.1, -0.05) is 36.4 Å².